The maximum atomic E-state index is 5.89. The van der Waals surface area contributed by atoms with Gasteiger partial charge in [0, 0.05) is 23.0 Å². The molecule has 0 aliphatic heterocycles. The number of rotatable bonds is 4. The Labute approximate surface area is 117 Å². The largest absolute Gasteiger partial charge is 0.329 e. The molecule has 0 spiro atoms. The Balaban J connectivity index is 2.68. The van der Waals surface area contributed by atoms with Crippen molar-refractivity contribution in [2.24, 2.45) is 5.73 Å². The smallest absolute Gasteiger partial charge is 0.116 e. The molecule has 1 heterocycles. The van der Waals surface area contributed by atoms with Crippen molar-refractivity contribution in [2.45, 2.75) is 39.2 Å². The predicted molar refractivity (Wildman–Crippen MR) is 79.8 cm³/mol. The summed E-state index contributed by atoms with van der Waals surface area (Å²) in [6.07, 6.45) is 1.09. The highest BCUT2D eigenvalue weighted by atomic mass is 79.9. The fourth-order valence-corrected chi connectivity index (χ4v) is 2.51. The minimum Gasteiger partial charge on any atom is -0.329 e. The van der Waals surface area contributed by atoms with Crippen LogP contribution >= 0.6 is 15.9 Å². The molecule has 98 valence electrons. The molecule has 0 bridgehead atoms. The van der Waals surface area contributed by atoms with Gasteiger partial charge in [-0.2, -0.15) is 0 Å². The zero-order valence-electron chi connectivity index (χ0n) is 11.2. The van der Waals surface area contributed by atoms with E-state index < -0.39 is 0 Å². The van der Waals surface area contributed by atoms with E-state index >= 15 is 0 Å². The first-order valence-electron chi connectivity index (χ1n) is 6.36. The standard InChI is InChI=1S/C14H20BrN3/c1-4-7-18-12-6-5-10(15)8-11(12)17-13(18)14(2,3)9-16/h5-6,8H,4,7,9,16H2,1-3H3. The Morgan fingerprint density at radius 1 is 1.39 bits per heavy atom. The second-order valence-corrected chi connectivity index (χ2v) is 6.22. The van der Waals surface area contributed by atoms with Gasteiger partial charge in [-0.15, -0.1) is 0 Å². The predicted octanol–water partition coefficient (Wildman–Crippen LogP) is 3.45. The third kappa shape index (κ3) is 2.31. The summed E-state index contributed by atoms with van der Waals surface area (Å²) in [5.74, 6) is 1.08. The molecule has 2 rings (SSSR count). The summed E-state index contributed by atoms with van der Waals surface area (Å²) in [4.78, 5) is 4.79. The number of fused-ring (bicyclic) bond motifs is 1. The molecule has 0 atom stereocenters. The Hall–Kier alpha value is -0.870. The fraction of sp³-hybridized carbons (Fsp3) is 0.500. The normalized spacial score (nSPS) is 12.3. The SMILES string of the molecule is CCCn1c(C(C)(C)CN)nc2cc(Br)ccc21. The van der Waals surface area contributed by atoms with Crippen molar-refractivity contribution in [3.8, 4) is 0 Å². The van der Waals surface area contributed by atoms with Crippen LogP contribution in [0.2, 0.25) is 0 Å². The Morgan fingerprint density at radius 3 is 2.72 bits per heavy atom. The minimum absolute atomic E-state index is 0.0966. The van der Waals surface area contributed by atoms with Crippen LogP contribution in [0.3, 0.4) is 0 Å². The summed E-state index contributed by atoms with van der Waals surface area (Å²) in [6.45, 7) is 8.06. The van der Waals surface area contributed by atoms with Crippen molar-refractivity contribution < 1.29 is 0 Å². The number of halogens is 1. The van der Waals surface area contributed by atoms with Crippen molar-refractivity contribution in [1.29, 1.82) is 0 Å². The van der Waals surface area contributed by atoms with Gasteiger partial charge in [-0.3, -0.25) is 0 Å². The third-order valence-electron chi connectivity index (χ3n) is 3.27. The lowest BCUT2D eigenvalue weighted by molar-refractivity contribution is 0.469. The highest BCUT2D eigenvalue weighted by Crippen LogP contribution is 2.28. The summed E-state index contributed by atoms with van der Waals surface area (Å²) in [5.41, 5.74) is 8.02. The van der Waals surface area contributed by atoms with E-state index in [0.717, 1.165) is 28.8 Å². The Morgan fingerprint density at radius 2 is 2.11 bits per heavy atom. The zero-order chi connectivity index (χ0) is 13.3. The summed E-state index contributed by atoms with van der Waals surface area (Å²) in [7, 11) is 0. The van der Waals surface area contributed by atoms with Gasteiger partial charge in [0.25, 0.3) is 0 Å². The highest BCUT2D eigenvalue weighted by Gasteiger charge is 2.26. The van der Waals surface area contributed by atoms with Gasteiger partial charge in [-0.25, -0.2) is 4.98 Å². The van der Waals surface area contributed by atoms with Crippen LogP contribution in [0, 0.1) is 0 Å². The van der Waals surface area contributed by atoms with Crippen LogP contribution in [0.5, 0.6) is 0 Å². The number of nitrogens with two attached hydrogens (primary N) is 1. The van der Waals surface area contributed by atoms with Crippen molar-refractivity contribution in [1.82, 2.24) is 9.55 Å². The van der Waals surface area contributed by atoms with Gasteiger partial charge in [0.1, 0.15) is 5.82 Å². The van der Waals surface area contributed by atoms with Crippen LogP contribution in [0.25, 0.3) is 11.0 Å². The van der Waals surface area contributed by atoms with E-state index in [4.69, 9.17) is 10.7 Å². The molecular formula is C14H20BrN3. The summed E-state index contributed by atoms with van der Waals surface area (Å²) >= 11 is 3.50. The van der Waals surface area contributed by atoms with Crippen LogP contribution in [0.4, 0.5) is 0 Å². The Bertz CT molecular complexity index is 557. The molecule has 0 aliphatic rings. The van der Waals surface area contributed by atoms with E-state index in [-0.39, 0.29) is 5.41 Å². The van der Waals surface area contributed by atoms with E-state index in [2.05, 4.69) is 59.5 Å². The van der Waals surface area contributed by atoms with Crippen LogP contribution < -0.4 is 5.73 Å². The van der Waals surface area contributed by atoms with E-state index in [1.54, 1.807) is 0 Å². The van der Waals surface area contributed by atoms with Crippen molar-refractivity contribution in [3.63, 3.8) is 0 Å². The second kappa shape index (κ2) is 5.02. The van der Waals surface area contributed by atoms with Crippen LogP contribution in [0.15, 0.2) is 22.7 Å². The minimum atomic E-state index is -0.0966. The number of aryl methyl sites for hydroxylation is 1. The number of hydrogen-bond acceptors (Lipinski definition) is 2. The molecule has 18 heavy (non-hydrogen) atoms. The lowest BCUT2D eigenvalue weighted by Crippen LogP contribution is -2.31. The van der Waals surface area contributed by atoms with E-state index in [1.165, 1.54) is 5.52 Å². The average Bonchev–Trinajstić information content (AvgIpc) is 2.68. The maximum Gasteiger partial charge on any atom is 0.116 e. The first-order valence-corrected chi connectivity index (χ1v) is 7.15. The molecule has 2 aromatic rings. The lowest BCUT2D eigenvalue weighted by atomic mass is 9.92. The zero-order valence-corrected chi connectivity index (χ0v) is 12.8. The number of benzene rings is 1. The molecule has 1 aromatic carbocycles. The van der Waals surface area contributed by atoms with E-state index in [1.807, 2.05) is 0 Å². The number of hydrogen-bond donors (Lipinski definition) is 1. The number of imidazole rings is 1. The van der Waals surface area contributed by atoms with Crippen LogP contribution in [-0.2, 0) is 12.0 Å². The summed E-state index contributed by atoms with van der Waals surface area (Å²) in [6, 6.07) is 6.26. The van der Waals surface area contributed by atoms with Gasteiger partial charge in [0.05, 0.1) is 11.0 Å². The van der Waals surface area contributed by atoms with Crippen molar-refractivity contribution >= 4 is 27.0 Å². The molecule has 0 unspecified atom stereocenters. The van der Waals surface area contributed by atoms with Gasteiger partial charge in [0.2, 0.25) is 0 Å². The molecule has 1 aromatic heterocycles. The van der Waals surface area contributed by atoms with E-state index in [9.17, 15) is 0 Å². The van der Waals surface area contributed by atoms with E-state index in [0.29, 0.717) is 6.54 Å². The molecule has 3 nitrogen and oxygen atoms in total. The quantitative estimate of drug-likeness (QED) is 0.940. The van der Waals surface area contributed by atoms with Crippen LogP contribution in [0.1, 0.15) is 33.0 Å². The molecule has 0 saturated carbocycles. The van der Waals surface area contributed by atoms with Gasteiger partial charge < -0.3 is 10.3 Å². The lowest BCUT2D eigenvalue weighted by Gasteiger charge is -2.23. The Kier molecular flexibility index (Phi) is 3.78. The van der Waals surface area contributed by atoms with Crippen LogP contribution in [-0.4, -0.2) is 16.1 Å². The molecule has 4 heteroatoms. The van der Waals surface area contributed by atoms with Gasteiger partial charge >= 0.3 is 0 Å². The first kappa shape index (κ1) is 13.6. The molecule has 0 aliphatic carbocycles. The average molecular weight is 310 g/mol. The first-order chi connectivity index (χ1) is 8.49. The van der Waals surface area contributed by atoms with Gasteiger partial charge in [0.15, 0.2) is 0 Å². The second-order valence-electron chi connectivity index (χ2n) is 5.31. The summed E-state index contributed by atoms with van der Waals surface area (Å²) in [5, 5.41) is 0. The number of aromatic nitrogens is 2. The fourth-order valence-electron chi connectivity index (χ4n) is 2.16. The molecule has 0 fully saturated rings. The van der Waals surface area contributed by atoms with Crippen molar-refractivity contribution in [3.05, 3.63) is 28.5 Å². The number of nitrogens with zero attached hydrogens (tertiary/aromatic N) is 2. The maximum absolute atomic E-state index is 5.89. The molecular weight excluding hydrogens is 290 g/mol. The topological polar surface area (TPSA) is 43.8 Å². The molecule has 0 radical (unpaired) electrons. The summed E-state index contributed by atoms with van der Waals surface area (Å²) < 4.78 is 3.36. The highest BCUT2D eigenvalue weighted by molar-refractivity contribution is 9.10. The van der Waals surface area contributed by atoms with Gasteiger partial charge in [-0.05, 0) is 24.6 Å². The molecule has 0 amide bonds. The van der Waals surface area contributed by atoms with Crippen molar-refractivity contribution in [2.75, 3.05) is 6.54 Å². The molecule has 2 N–H and O–H groups in total. The van der Waals surface area contributed by atoms with Gasteiger partial charge in [-0.1, -0.05) is 36.7 Å². The monoisotopic (exact) mass is 309 g/mol. The third-order valence-corrected chi connectivity index (χ3v) is 3.77. The molecule has 0 saturated heterocycles.